The largest absolute Gasteiger partial charge is 0.445 e. The summed E-state index contributed by atoms with van der Waals surface area (Å²) in [5, 5.41) is 0. The molecule has 22 heavy (non-hydrogen) atoms. The summed E-state index contributed by atoms with van der Waals surface area (Å²) in [5.74, 6) is 0.704. The van der Waals surface area contributed by atoms with Crippen LogP contribution in [0.25, 0.3) is 0 Å². The molecule has 1 aromatic carbocycles. The number of rotatable bonds is 2. The van der Waals surface area contributed by atoms with Gasteiger partial charge in [0, 0.05) is 24.9 Å². The first-order chi connectivity index (χ1) is 10.6. The number of Topliss-reactive ketones (excluding diaryl/α,β-unsaturated/α-hetero) is 1. The predicted octanol–water partition coefficient (Wildman–Crippen LogP) is 3.40. The van der Waals surface area contributed by atoms with Crippen molar-refractivity contribution in [2.24, 2.45) is 11.8 Å². The van der Waals surface area contributed by atoms with Crippen LogP contribution in [0.4, 0.5) is 4.79 Å². The molecule has 0 radical (unpaired) electrons. The van der Waals surface area contributed by atoms with E-state index in [1.54, 1.807) is 4.90 Å². The van der Waals surface area contributed by atoms with Crippen molar-refractivity contribution in [3.05, 3.63) is 35.9 Å². The highest BCUT2D eigenvalue weighted by atomic mass is 16.6. The summed E-state index contributed by atoms with van der Waals surface area (Å²) in [5.41, 5.74) is 0.984. The molecule has 1 aliphatic carbocycles. The third-order valence-electron chi connectivity index (χ3n) is 4.83. The smallest absolute Gasteiger partial charge is 0.410 e. The van der Waals surface area contributed by atoms with Crippen LogP contribution in [0.1, 0.15) is 38.2 Å². The van der Waals surface area contributed by atoms with Crippen LogP contribution in [-0.4, -0.2) is 29.4 Å². The van der Waals surface area contributed by atoms with Gasteiger partial charge in [0.1, 0.15) is 12.4 Å². The molecule has 1 aliphatic heterocycles. The average Bonchev–Trinajstić information content (AvgIpc) is 2.53. The second-order valence-corrected chi connectivity index (χ2v) is 6.56. The van der Waals surface area contributed by atoms with Crippen molar-refractivity contribution in [2.75, 3.05) is 6.54 Å². The van der Waals surface area contributed by atoms with Crippen LogP contribution >= 0.6 is 0 Å². The number of hydrogen-bond acceptors (Lipinski definition) is 3. The molecule has 0 aromatic heterocycles. The molecular weight excluding hydrogens is 278 g/mol. The Morgan fingerprint density at radius 1 is 1.32 bits per heavy atom. The van der Waals surface area contributed by atoms with E-state index < -0.39 is 0 Å². The Kier molecular flexibility index (Phi) is 4.46. The summed E-state index contributed by atoms with van der Waals surface area (Å²) in [4.78, 5) is 26.4. The van der Waals surface area contributed by atoms with Crippen LogP contribution < -0.4 is 0 Å². The molecule has 1 saturated heterocycles. The molecule has 1 aromatic rings. The van der Waals surface area contributed by atoms with Crippen molar-refractivity contribution < 1.29 is 14.3 Å². The fourth-order valence-corrected chi connectivity index (χ4v) is 3.74. The van der Waals surface area contributed by atoms with Gasteiger partial charge >= 0.3 is 6.09 Å². The number of likely N-dealkylation sites (tertiary alicyclic amines) is 1. The van der Waals surface area contributed by atoms with Crippen LogP contribution in [0.2, 0.25) is 0 Å². The lowest BCUT2D eigenvalue weighted by Gasteiger charge is -2.44. The monoisotopic (exact) mass is 301 g/mol. The van der Waals surface area contributed by atoms with Crippen LogP contribution in [0.3, 0.4) is 0 Å². The van der Waals surface area contributed by atoms with Gasteiger partial charge in [-0.1, -0.05) is 37.3 Å². The van der Waals surface area contributed by atoms with Crippen molar-refractivity contribution in [3.8, 4) is 0 Å². The number of ether oxygens (including phenoxy) is 1. The van der Waals surface area contributed by atoms with Gasteiger partial charge in [0.05, 0.1) is 0 Å². The highest BCUT2D eigenvalue weighted by Crippen LogP contribution is 2.36. The molecule has 4 heteroatoms. The molecule has 3 rings (SSSR count). The topological polar surface area (TPSA) is 46.6 Å². The number of hydrogen-bond donors (Lipinski definition) is 0. The quantitative estimate of drug-likeness (QED) is 0.841. The summed E-state index contributed by atoms with van der Waals surface area (Å²) in [6.07, 6.45) is 3.10. The van der Waals surface area contributed by atoms with E-state index in [1.165, 1.54) is 0 Å². The molecule has 3 atom stereocenters. The van der Waals surface area contributed by atoms with Crippen molar-refractivity contribution >= 4 is 11.9 Å². The highest BCUT2D eigenvalue weighted by Gasteiger charge is 2.42. The van der Waals surface area contributed by atoms with E-state index >= 15 is 0 Å². The lowest BCUT2D eigenvalue weighted by atomic mass is 9.73. The van der Waals surface area contributed by atoms with Gasteiger partial charge < -0.3 is 9.64 Å². The minimum atomic E-state index is -0.277. The fourth-order valence-electron chi connectivity index (χ4n) is 3.74. The molecule has 0 unspecified atom stereocenters. The van der Waals surface area contributed by atoms with Crippen LogP contribution in [0, 0.1) is 11.8 Å². The van der Waals surface area contributed by atoms with Gasteiger partial charge in [-0.25, -0.2) is 4.79 Å². The van der Waals surface area contributed by atoms with E-state index in [9.17, 15) is 9.59 Å². The maximum Gasteiger partial charge on any atom is 0.410 e. The van der Waals surface area contributed by atoms with Crippen molar-refractivity contribution in [1.29, 1.82) is 0 Å². The lowest BCUT2D eigenvalue weighted by Crippen LogP contribution is -2.53. The molecule has 1 heterocycles. The Balaban J connectivity index is 1.64. The van der Waals surface area contributed by atoms with Gasteiger partial charge in [-0.05, 0) is 30.7 Å². The van der Waals surface area contributed by atoms with Gasteiger partial charge in [-0.3, -0.25) is 4.79 Å². The Morgan fingerprint density at radius 2 is 2.09 bits per heavy atom. The van der Waals surface area contributed by atoms with E-state index in [2.05, 4.69) is 6.92 Å². The number of benzene rings is 1. The van der Waals surface area contributed by atoms with Crippen molar-refractivity contribution in [1.82, 2.24) is 4.90 Å². The summed E-state index contributed by atoms with van der Waals surface area (Å²) < 4.78 is 5.46. The van der Waals surface area contributed by atoms with Gasteiger partial charge in [-0.2, -0.15) is 0 Å². The zero-order valence-corrected chi connectivity index (χ0v) is 13.0. The summed E-state index contributed by atoms with van der Waals surface area (Å²) in [6.45, 7) is 3.09. The van der Waals surface area contributed by atoms with Crippen molar-refractivity contribution in [3.63, 3.8) is 0 Å². The van der Waals surface area contributed by atoms with Crippen LogP contribution in [0.5, 0.6) is 0 Å². The first-order valence-corrected chi connectivity index (χ1v) is 8.15. The number of ketones is 1. The molecular formula is C18H23NO3. The molecule has 2 fully saturated rings. The summed E-state index contributed by atoms with van der Waals surface area (Å²) >= 11 is 0. The Bertz CT molecular complexity index is 543. The zero-order valence-electron chi connectivity index (χ0n) is 13.0. The van der Waals surface area contributed by atoms with Gasteiger partial charge in [0.25, 0.3) is 0 Å². The number of carbonyl (C=O) groups is 2. The van der Waals surface area contributed by atoms with Gasteiger partial charge in [0.2, 0.25) is 0 Å². The van der Waals surface area contributed by atoms with Crippen LogP contribution in [0.15, 0.2) is 30.3 Å². The fraction of sp³-hybridized carbons (Fsp3) is 0.556. The van der Waals surface area contributed by atoms with Gasteiger partial charge in [0.15, 0.2) is 0 Å². The molecule has 0 bridgehead atoms. The molecule has 118 valence electrons. The first-order valence-electron chi connectivity index (χ1n) is 8.15. The third-order valence-corrected chi connectivity index (χ3v) is 4.83. The van der Waals surface area contributed by atoms with Gasteiger partial charge in [-0.15, -0.1) is 0 Å². The second-order valence-electron chi connectivity index (χ2n) is 6.56. The number of amides is 1. The van der Waals surface area contributed by atoms with E-state index in [4.69, 9.17) is 4.74 Å². The molecule has 4 nitrogen and oxygen atoms in total. The SMILES string of the molecule is C[C@@H]1CC(=O)[C@@H]2CCCN(C(=O)OCc3ccccc3)[C@@H]2C1. The normalized spacial score (nSPS) is 28.1. The number of carbonyl (C=O) groups excluding carboxylic acids is 2. The summed E-state index contributed by atoms with van der Waals surface area (Å²) in [7, 11) is 0. The highest BCUT2D eigenvalue weighted by molar-refractivity contribution is 5.84. The van der Waals surface area contributed by atoms with E-state index in [0.717, 1.165) is 24.8 Å². The minimum Gasteiger partial charge on any atom is -0.445 e. The van der Waals surface area contributed by atoms with E-state index in [1.807, 2.05) is 30.3 Å². The molecule has 1 amide bonds. The molecule has 2 aliphatic rings. The Morgan fingerprint density at radius 3 is 2.86 bits per heavy atom. The minimum absolute atomic E-state index is 0.0224. The standard InChI is InChI=1S/C18H23NO3/c1-13-10-16-15(17(20)11-13)8-5-9-19(16)18(21)22-12-14-6-3-2-4-7-14/h2-4,6-7,13,15-16H,5,8-12H2,1H3/t13-,15+,16+/m0/s1. The number of piperidine rings is 1. The lowest BCUT2D eigenvalue weighted by molar-refractivity contribution is -0.130. The third kappa shape index (κ3) is 3.16. The van der Waals surface area contributed by atoms with E-state index in [-0.39, 0.29) is 24.7 Å². The van der Waals surface area contributed by atoms with Crippen molar-refractivity contribution in [2.45, 2.75) is 45.3 Å². The second kappa shape index (κ2) is 6.51. The zero-order chi connectivity index (χ0) is 15.5. The van der Waals surface area contributed by atoms with Crippen LogP contribution in [-0.2, 0) is 16.1 Å². The Hall–Kier alpha value is -1.84. The summed E-state index contributed by atoms with van der Waals surface area (Å²) in [6, 6.07) is 9.73. The number of fused-ring (bicyclic) bond motifs is 1. The molecule has 0 N–H and O–H groups in total. The first kappa shape index (κ1) is 15.1. The average molecular weight is 301 g/mol. The molecule has 1 saturated carbocycles. The molecule has 0 spiro atoms. The maximum absolute atomic E-state index is 12.4. The Labute approximate surface area is 131 Å². The van der Waals surface area contributed by atoms with E-state index in [0.29, 0.717) is 24.7 Å². The predicted molar refractivity (Wildman–Crippen MR) is 83.3 cm³/mol. The maximum atomic E-state index is 12.4. The number of nitrogens with zero attached hydrogens (tertiary/aromatic N) is 1.